The van der Waals surface area contributed by atoms with E-state index in [9.17, 15) is 13.2 Å². The Bertz CT molecular complexity index is 495. The van der Waals surface area contributed by atoms with Crippen molar-refractivity contribution in [3.63, 3.8) is 0 Å². The van der Waals surface area contributed by atoms with Gasteiger partial charge in [0.2, 0.25) is 0 Å². The molecule has 0 bridgehead atoms. The number of alkyl halides is 3. The van der Waals surface area contributed by atoms with Crippen LogP contribution < -0.4 is 4.90 Å². The molecule has 0 spiro atoms. The first-order valence-corrected chi connectivity index (χ1v) is 6.88. The molecule has 2 rings (SSSR count). The van der Waals surface area contributed by atoms with Crippen molar-refractivity contribution in [1.82, 2.24) is 0 Å². The predicted molar refractivity (Wildman–Crippen MR) is 71.5 cm³/mol. The summed E-state index contributed by atoms with van der Waals surface area (Å²) in [4.78, 5) is 2.00. The minimum absolute atomic E-state index is 0.312. The van der Waals surface area contributed by atoms with Crippen LogP contribution >= 0.6 is 0 Å². The first-order chi connectivity index (χ1) is 9.52. The Morgan fingerprint density at radius 1 is 1.00 bits per heavy atom. The maximum absolute atomic E-state index is 13.0. The van der Waals surface area contributed by atoms with Crippen LogP contribution in [-0.2, 0) is 6.18 Å². The van der Waals surface area contributed by atoms with Crippen LogP contribution in [0.4, 0.5) is 18.9 Å². The largest absolute Gasteiger partial charge is 0.417 e. The summed E-state index contributed by atoms with van der Waals surface area (Å²) in [5.74, 6) is 0. The van der Waals surface area contributed by atoms with Crippen LogP contribution in [0.1, 0.15) is 43.2 Å². The fourth-order valence-corrected chi connectivity index (χ4v) is 2.57. The van der Waals surface area contributed by atoms with Crippen molar-refractivity contribution in [3.8, 4) is 6.07 Å². The summed E-state index contributed by atoms with van der Waals surface area (Å²) in [6.45, 7) is 1.56. The molecule has 0 aromatic heterocycles. The Labute approximate surface area is 116 Å². The fraction of sp³-hybridized carbons (Fsp3) is 0.533. The summed E-state index contributed by atoms with van der Waals surface area (Å²) in [6.07, 6.45) is 0.972. The monoisotopic (exact) mass is 282 g/mol. The standard InChI is InChI=1S/C15H17F3N2/c16-15(17,18)14-10-13(7-6-12(14)11-19)20-8-4-2-1-3-5-9-20/h6-7,10H,1-5,8-9H2. The zero-order valence-corrected chi connectivity index (χ0v) is 11.2. The Balaban J connectivity index is 2.30. The maximum atomic E-state index is 13.0. The smallest absolute Gasteiger partial charge is 0.372 e. The Kier molecular flexibility index (Phi) is 4.53. The normalized spacial score (nSPS) is 17.2. The lowest BCUT2D eigenvalue weighted by atomic mass is 10.0. The SMILES string of the molecule is N#Cc1ccc(N2CCCCCCC2)cc1C(F)(F)F. The zero-order chi connectivity index (χ0) is 14.6. The fourth-order valence-electron chi connectivity index (χ4n) is 2.57. The van der Waals surface area contributed by atoms with Crippen LogP contribution in [-0.4, -0.2) is 13.1 Å². The molecule has 1 aromatic carbocycles. The quantitative estimate of drug-likeness (QED) is 0.765. The van der Waals surface area contributed by atoms with E-state index in [4.69, 9.17) is 5.26 Å². The Morgan fingerprint density at radius 2 is 1.60 bits per heavy atom. The van der Waals surface area contributed by atoms with Gasteiger partial charge in [-0.3, -0.25) is 0 Å². The molecule has 1 aliphatic heterocycles. The molecular formula is C15H17F3N2. The minimum Gasteiger partial charge on any atom is -0.372 e. The van der Waals surface area contributed by atoms with Crippen molar-refractivity contribution < 1.29 is 13.2 Å². The van der Waals surface area contributed by atoms with Gasteiger partial charge in [-0.2, -0.15) is 18.4 Å². The third-order valence-electron chi connectivity index (χ3n) is 3.65. The molecule has 0 radical (unpaired) electrons. The van der Waals surface area contributed by atoms with Gasteiger partial charge in [-0.05, 0) is 31.0 Å². The van der Waals surface area contributed by atoms with Gasteiger partial charge >= 0.3 is 6.18 Å². The molecule has 1 saturated heterocycles. The first-order valence-electron chi connectivity index (χ1n) is 6.88. The van der Waals surface area contributed by atoms with Crippen LogP contribution in [0, 0.1) is 11.3 Å². The van der Waals surface area contributed by atoms with Gasteiger partial charge in [0.25, 0.3) is 0 Å². The number of rotatable bonds is 1. The number of benzene rings is 1. The molecule has 0 saturated carbocycles. The van der Waals surface area contributed by atoms with E-state index in [2.05, 4.69) is 0 Å². The molecule has 1 aromatic rings. The summed E-state index contributed by atoms with van der Waals surface area (Å²) in [5.41, 5.74) is -0.578. The van der Waals surface area contributed by atoms with Gasteiger partial charge in [0.1, 0.15) is 0 Å². The van der Waals surface area contributed by atoms with E-state index in [0.717, 1.165) is 44.8 Å². The lowest BCUT2D eigenvalue weighted by molar-refractivity contribution is -0.137. The molecule has 0 N–H and O–H groups in total. The second kappa shape index (κ2) is 6.17. The van der Waals surface area contributed by atoms with Gasteiger partial charge in [0.15, 0.2) is 0 Å². The Hall–Kier alpha value is -1.70. The summed E-state index contributed by atoms with van der Waals surface area (Å²) >= 11 is 0. The van der Waals surface area contributed by atoms with Crippen LogP contribution in [0.5, 0.6) is 0 Å². The molecule has 1 fully saturated rings. The molecule has 1 aliphatic rings. The predicted octanol–water partition coefficient (Wildman–Crippen LogP) is 4.35. The highest BCUT2D eigenvalue weighted by Gasteiger charge is 2.34. The van der Waals surface area contributed by atoms with Gasteiger partial charge < -0.3 is 4.90 Å². The number of hydrogen-bond acceptors (Lipinski definition) is 2. The molecule has 0 unspecified atom stereocenters. The minimum atomic E-state index is -4.48. The number of nitrogens with zero attached hydrogens (tertiary/aromatic N) is 2. The second-order valence-corrected chi connectivity index (χ2v) is 5.09. The van der Waals surface area contributed by atoms with E-state index in [1.54, 1.807) is 12.1 Å². The van der Waals surface area contributed by atoms with Gasteiger partial charge in [-0.1, -0.05) is 19.3 Å². The lowest BCUT2D eigenvalue weighted by Crippen LogP contribution is -2.27. The number of hydrogen-bond donors (Lipinski definition) is 0. The molecule has 0 aliphatic carbocycles. The third-order valence-corrected chi connectivity index (χ3v) is 3.65. The van der Waals surface area contributed by atoms with Gasteiger partial charge in [-0.25, -0.2) is 0 Å². The summed E-state index contributed by atoms with van der Waals surface area (Å²) in [7, 11) is 0. The molecule has 108 valence electrons. The summed E-state index contributed by atoms with van der Waals surface area (Å²) in [5, 5.41) is 8.80. The number of anilines is 1. The Morgan fingerprint density at radius 3 is 2.15 bits per heavy atom. The van der Waals surface area contributed by atoms with E-state index in [1.807, 2.05) is 4.90 Å². The number of nitriles is 1. The molecule has 20 heavy (non-hydrogen) atoms. The van der Waals surface area contributed by atoms with Gasteiger partial charge in [0, 0.05) is 18.8 Å². The highest BCUT2D eigenvalue weighted by molar-refractivity contribution is 5.54. The first kappa shape index (κ1) is 14.7. The molecule has 5 heteroatoms. The zero-order valence-electron chi connectivity index (χ0n) is 11.2. The molecular weight excluding hydrogens is 265 g/mol. The van der Waals surface area contributed by atoms with Crippen LogP contribution in [0.3, 0.4) is 0 Å². The molecule has 1 heterocycles. The van der Waals surface area contributed by atoms with E-state index < -0.39 is 11.7 Å². The van der Waals surface area contributed by atoms with Crippen molar-refractivity contribution in [2.45, 2.75) is 38.3 Å². The van der Waals surface area contributed by atoms with Crippen LogP contribution in [0.25, 0.3) is 0 Å². The molecule has 0 atom stereocenters. The average molecular weight is 282 g/mol. The van der Waals surface area contributed by atoms with E-state index in [0.29, 0.717) is 5.69 Å². The van der Waals surface area contributed by atoms with Crippen molar-refractivity contribution in [1.29, 1.82) is 5.26 Å². The maximum Gasteiger partial charge on any atom is 0.417 e. The highest BCUT2D eigenvalue weighted by atomic mass is 19.4. The van der Waals surface area contributed by atoms with E-state index in [-0.39, 0.29) is 5.56 Å². The van der Waals surface area contributed by atoms with Crippen LogP contribution in [0.15, 0.2) is 18.2 Å². The third kappa shape index (κ3) is 3.44. The van der Waals surface area contributed by atoms with E-state index >= 15 is 0 Å². The molecule has 2 nitrogen and oxygen atoms in total. The van der Waals surface area contributed by atoms with Crippen molar-refractivity contribution in [3.05, 3.63) is 29.3 Å². The summed E-state index contributed by atoms with van der Waals surface area (Å²) < 4.78 is 38.9. The number of halogens is 3. The van der Waals surface area contributed by atoms with Gasteiger partial charge in [0.05, 0.1) is 17.2 Å². The van der Waals surface area contributed by atoms with E-state index in [1.165, 1.54) is 12.5 Å². The van der Waals surface area contributed by atoms with Crippen molar-refractivity contribution >= 4 is 5.69 Å². The summed E-state index contributed by atoms with van der Waals surface area (Å²) in [6, 6.07) is 5.62. The van der Waals surface area contributed by atoms with Crippen molar-refractivity contribution in [2.24, 2.45) is 0 Å². The van der Waals surface area contributed by atoms with Crippen molar-refractivity contribution in [2.75, 3.05) is 18.0 Å². The molecule has 0 amide bonds. The lowest BCUT2D eigenvalue weighted by Gasteiger charge is -2.27. The average Bonchev–Trinajstić information content (AvgIpc) is 2.37. The van der Waals surface area contributed by atoms with Gasteiger partial charge in [-0.15, -0.1) is 0 Å². The second-order valence-electron chi connectivity index (χ2n) is 5.09. The topological polar surface area (TPSA) is 27.0 Å². The highest BCUT2D eigenvalue weighted by Crippen LogP contribution is 2.34. The van der Waals surface area contributed by atoms with Crippen LogP contribution in [0.2, 0.25) is 0 Å².